The summed E-state index contributed by atoms with van der Waals surface area (Å²) in [5.74, 6) is 0. The van der Waals surface area contributed by atoms with Crippen molar-refractivity contribution in [1.29, 1.82) is 0 Å². The number of hydrogen-bond acceptors (Lipinski definition) is 2. The first kappa shape index (κ1) is 14.3. The molecule has 1 saturated carbocycles. The predicted molar refractivity (Wildman–Crippen MR) is 70.0 cm³/mol. The monoisotopic (exact) mass is 241 g/mol. The number of amides is 1. The number of rotatable bonds is 2. The van der Waals surface area contributed by atoms with E-state index in [1.807, 2.05) is 0 Å². The Morgan fingerprint density at radius 1 is 1.35 bits per heavy atom. The van der Waals surface area contributed by atoms with Gasteiger partial charge < -0.3 is 10.1 Å². The van der Waals surface area contributed by atoms with Crippen molar-refractivity contribution in [3.8, 4) is 0 Å². The quantitative estimate of drug-likeness (QED) is 0.800. The minimum absolute atomic E-state index is 0.0272. The Hall–Kier alpha value is -0.730. The van der Waals surface area contributed by atoms with Crippen LogP contribution < -0.4 is 5.32 Å². The molecular weight excluding hydrogens is 214 g/mol. The Balaban J connectivity index is 2.40. The second-order valence-corrected chi connectivity index (χ2v) is 7.07. The number of nitrogens with one attached hydrogen (secondary N) is 1. The molecule has 0 radical (unpaired) electrons. The van der Waals surface area contributed by atoms with E-state index < -0.39 is 0 Å². The maximum Gasteiger partial charge on any atom is 0.407 e. The van der Waals surface area contributed by atoms with Crippen LogP contribution in [0.1, 0.15) is 60.3 Å². The molecule has 1 N–H and O–H groups in total. The van der Waals surface area contributed by atoms with Crippen LogP contribution in [-0.2, 0) is 4.74 Å². The summed E-state index contributed by atoms with van der Waals surface area (Å²) in [6, 6.07) is 0.253. The molecule has 0 bridgehead atoms. The minimum atomic E-state index is -0.264. The summed E-state index contributed by atoms with van der Waals surface area (Å²) in [6.45, 7) is 11.1. The van der Waals surface area contributed by atoms with E-state index in [-0.39, 0.29) is 23.0 Å². The second kappa shape index (κ2) is 5.28. The highest BCUT2D eigenvalue weighted by molar-refractivity contribution is 5.67. The summed E-state index contributed by atoms with van der Waals surface area (Å²) in [5, 5.41) is 3.02. The first-order chi connectivity index (χ1) is 7.71. The molecule has 0 saturated heterocycles. The van der Waals surface area contributed by atoms with Crippen LogP contribution in [0.15, 0.2) is 0 Å². The molecule has 3 nitrogen and oxygen atoms in total. The van der Waals surface area contributed by atoms with Crippen LogP contribution in [-0.4, -0.2) is 18.7 Å². The molecule has 0 aliphatic heterocycles. The van der Waals surface area contributed by atoms with Crippen molar-refractivity contribution in [2.75, 3.05) is 6.61 Å². The Morgan fingerprint density at radius 2 is 2.00 bits per heavy atom. The first-order valence-corrected chi connectivity index (χ1v) is 6.64. The molecule has 0 spiro atoms. The number of carbonyl (C=O) groups is 1. The van der Waals surface area contributed by atoms with E-state index in [1.54, 1.807) is 0 Å². The molecule has 0 heterocycles. The smallest absolute Gasteiger partial charge is 0.407 e. The third kappa shape index (κ3) is 4.97. The summed E-state index contributed by atoms with van der Waals surface area (Å²) in [5.41, 5.74) is 0.221. The van der Waals surface area contributed by atoms with Gasteiger partial charge in [0.1, 0.15) is 0 Å². The molecule has 1 amide bonds. The summed E-state index contributed by atoms with van der Waals surface area (Å²) < 4.78 is 5.25. The van der Waals surface area contributed by atoms with Crippen molar-refractivity contribution in [2.24, 2.45) is 10.8 Å². The van der Waals surface area contributed by atoms with Gasteiger partial charge in [-0.25, -0.2) is 4.79 Å². The van der Waals surface area contributed by atoms with Gasteiger partial charge in [0, 0.05) is 6.04 Å². The highest BCUT2D eigenvalue weighted by Gasteiger charge is 2.33. The van der Waals surface area contributed by atoms with Crippen LogP contribution in [0.2, 0.25) is 0 Å². The predicted octanol–water partition coefficient (Wildman–Crippen LogP) is 3.73. The van der Waals surface area contributed by atoms with Crippen LogP contribution in [0, 0.1) is 10.8 Å². The SMILES string of the molecule is CC(C)(C)COC(=O)NC1CCCCC1(C)C. The molecule has 1 atom stereocenters. The van der Waals surface area contributed by atoms with Crippen molar-refractivity contribution < 1.29 is 9.53 Å². The van der Waals surface area contributed by atoms with E-state index in [2.05, 4.69) is 39.9 Å². The van der Waals surface area contributed by atoms with Crippen LogP contribution in [0.4, 0.5) is 4.79 Å². The number of carbonyl (C=O) groups excluding carboxylic acids is 1. The first-order valence-electron chi connectivity index (χ1n) is 6.64. The minimum Gasteiger partial charge on any atom is -0.449 e. The van der Waals surface area contributed by atoms with Crippen LogP contribution in [0.5, 0.6) is 0 Å². The zero-order valence-corrected chi connectivity index (χ0v) is 11.9. The average molecular weight is 241 g/mol. The van der Waals surface area contributed by atoms with Gasteiger partial charge in [-0.3, -0.25) is 0 Å². The fraction of sp³-hybridized carbons (Fsp3) is 0.929. The highest BCUT2D eigenvalue weighted by Crippen LogP contribution is 2.35. The van der Waals surface area contributed by atoms with Crippen molar-refractivity contribution in [3.63, 3.8) is 0 Å². The molecular formula is C14H27NO2. The van der Waals surface area contributed by atoms with Gasteiger partial charge in [0.25, 0.3) is 0 Å². The van der Waals surface area contributed by atoms with Gasteiger partial charge in [-0.1, -0.05) is 47.5 Å². The van der Waals surface area contributed by atoms with Gasteiger partial charge in [-0.2, -0.15) is 0 Å². The topological polar surface area (TPSA) is 38.3 Å². The molecule has 1 aliphatic carbocycles. The Bertz CT molecular complexity index is 266. The summed E-state index contributed by atoms with van der Waals surface area (Å²) in [6.07, 6.45) is 4.45. The zero-order chi connectivity index (χ0) is 13.1. The number of ether oxygens (including phenoxy) is 1. The van der Waals surface area contributed by atoms with E-state index in [0.717, 1.165) is 6.42 Å². The molecule has 100 valence electrons. The van der Waals surface area contributed by atoms with E-state index in [9.17, 15) is 4.79 Å². The molecule has 0 aromatic carbocycles. The average Bonchev–Trinajstić information content (AvgIpc) is 2.17. The Kier molecular flexibility index (Phi) is 4.45. The second-order valence-electron chi connectivity index (χ2n) is 7.07. The van der Waals surface area contributed by atoms with Gasteiger partial charge in [0.2, 0.25) is 0 Å². The Morgan fingerprint density at radius 3 is 2.53 bits per heavy atom. The molecule has 1 unspecified atom stereocenters. The Labute approximate surface area is 105 Å². The highest BCUT2D eigenvalue weighted by atomic mass is 16.5. The fourth-order valence-electron chi connectivity index (χ4n) is 2.23. The standard InChI is InChI=1S/C14H27NO2/c1-13(2,3)10-17-12(16)15-11-8-6-7-9-14(11,4)5/h11H,6-10H2,1-5H3,(H,15,16). The van der Waals surface area contributed by atoms with Gasteiger partial charge in [-0.05, 0) is 23.7 Å². The molecule has 0 aromatic heterocycles. The molecule has 0 aromatic rings. The molecule has 1 rings (SSSR count). The van der Waals surface area contributed by atoms with E-state index in [4.69, 9.17) is 4.74 Å². The van der Waals surface area contributed by atoms with Gasteiger partial charge in [0.05, 0.1) is 6.61 Å². The van der Waals surface area contributed by atoms with Crippen molar-refractivity contribution in [1.82, 2.24) is 5.32 Å². The molecule has 1 fully saturated rings. The maximum absolute atomic E-state index is 11.7. The van der Waals surface area contributed by atoms with Crippen LogP contribution >= 0.6 is 0 Å². The summed E-state index contributed by atoms with van der Waals surface area (Å²) in [7, 11) is 0. The number of hydrogen-bond donors (Lipinski definition) is 1. The van der Waals surface area contributed by atoms with E-state index >= 15 is 0 Å². The fourth-order valence-corrected chi connectivity index (χ4v) is 2.23. The van der Waals surface area contributed by atoms with Gasteiger partial charge >= 0.3 is 6.09 Å². The third-order valence-electron chi connectivity index (χ3n) is 3.44. The lowest BCUT2D eigenvalue weighted by Gasteiger charge is -2.38. The van der Waals surface area contributed by atoms with Crippen LogP contribution in [0.3, 0.4) is 0 Å². The lowest BCUT2D eigenvalue weighted by Crippen LogP contribution is -2.47. The number of alkyl carbamates (subject to hydrolysis) is 1. The lowest BCUT2D eigenvalue weighted by atomic mass is 9.73. The molecule has 3 heteroatoms. The van der Waals surface area contributed by atoms with E-state index in [0.29, 0.717) is 6.61 Å². The van der Waals surface area contributed by atoms with Crippen molar-refractivity contribution in [3.05, 3.63) is 0 Å². The third-order valence-corrected chi connectivity index (χ3v) is 3.44. The van der Waals surface area contributed by atoms with Gasteiger partial charge in [0.15, 0.2) is 0 Å². The largest absolute Gasteiger partial charge is 0.449 e. The summed E-state index contributed by atoms with van der Waals surface area (Å²) >= 11 is 0. The van der Waals surface area contributed by atoms with E-state index in [1.165, 1.54) is 19.3 Å². The normalized spacial score (nSPS) is 24.2. The maximum atomic E-state index is 11.7. The summed E-state index contributed by atoms with van der Waals surface area (Å²) in [4.78, 5) is 11.7. The van der Waals surface area contributed by atoms with Gasteiger partial charge in [-0.15, -0.1) is 0 Å². The zero-order valence-electron chi connectivity index (χ0n) is 11.9. The van der Waals surface area contributed by atoms with Crippen molar-refractivity contribution in [2.45, 2.75) is 66.3 Å². The van der Waals surface area contributed by atoms with Crippen molar-refractivity contribution >= 4 is 6.09 Å². The molecule has 1 aliphatic rings. The molecule has 17 heavy (non-hydrogen) atoms. The van der Waals surface area contributed by atoms with Crippen LogP contribution in [0.25, 0.3) is 0 Å². The lowest BCUT2D eigenvalue weighted by molar-refractivity contribution is 0.0883.